The molecule has 3 N–H and O–H groups in total. The maximum absolute atomic E-state index is 13.4. The van der Waals surface area contributed by atoms with E-state index in [-0.39, 0.29) is 47.8 Å². The van der Waals surface area contributed by atoms with Gasteiger partial charge in [0.1, 0.15) is 44.4 Å². The molecule has 4 heterocycles. The van der Waals surface area contributed by atoms with Crippen molar-refractivity contribution < 1.29 is 46.8 Å². The summed E-state index contributed by atoms with van der Waals surface area (Å²) in [5, 5.41) is 0. The van der Waals surface area contributed by atoms with Crippen molar-refractivity contribution in [2.45, 2.75) is 96.4 Å². The summed E-state index contributed by atoms with van der Waals surface area (Å²) in [5.41, 5.74) is 3.93. The van der Waals surface area contributed by atoms with Crippen LogP contribution in [-0.4, -0.2) is 99.3 Å². The number of anilines is 2. The lowest BCUT2D eigenvalue weighted by Crippen LogP contribution is -2.33. The van der Waals surface area contributed by atoms with Gasteiger partial charge in [-0.1, -0.05) is 33.5 Å². The van der Waals surface area contributed by atoms with Crippen molar-refractivity contribution >= 4 is 84.5 Å². The number of halogens is 4. The number of thioether (sulfide) groups is 2. The van der Waals surface area contributed by atoms with Gasteiger partial charge in [0.25, 0.3) is 0 Å². The summed E-state index contributed by atoms with van der Waals surface area (Å²) in [7, 11) is -1.53. The molecule has 306 valence electrons. The number of aromatic nitrogens is 4. The SMILES string of the molecule is CCCC(=O)OC[C@@H]1OC(OC(C)=O)CS1.CCCC(=O)OC[C@@H]1OC(n2cc(F)c(N)nc2=O)CS1.Cc1ncc(F)c(N[Si](C)(C)C)n1.ClCCCl. The van der Waals surface area contributed by atoms with Crippen molar-refractivity contribution in [3.05, 3.63) is 40.3 Å². The quantitative estimate of drug-likeness (QED) is 0.105. The molecule has 15 nitrogen and oxygen atoms in total. The Morgan fingerprint density at radius 3 is 2.06 bits per heavy atom. The van der Waals surface area contributed by atoms with Gasteiger partial charge in [-0.3, -0.25) is 19.0 Å². The van der Waals surface area contributed by atoms with Crippen LogP contribution in [0.3, 0.4) is 0 Å². The standard InChI is InChI=1S/C12H16FN3O4S.C10H16O5S.C8H14FN3Si.C2H4Cl2/c1-2-3-9(17)19-5-10-20-8(6-21-10)16-4-7(13)11(14)15-12(16)18;1-3-4-8(12)13-5-10-15-9(6-16-10)14-7(2)11;1-6-10-5-7(9)8(11-6)12-13(2,3)4;3-1-2-4/h4,8,10H,2-3,5-6H2,1H3,(H2,14,15,18);9-10H,3-6H2,1-2H3;5H,1-4H3,(H,10,11,12);1-2H2/t8?,10-;9?,10-;;/m11../s1. The molecule has 0 saturated carbocycles. The second kappa shape index (κ2) is 26.2. The molecular formula is C32H50Cl2F2N6O9S2Si. The molecule has 22 heteroatoms. The Labute approximate surface area is 333 Å². The van der Waals surface area contributed by atoms with E-state index in [1.165, 1.54) is 36.6 Å². The smallest absolute Gasteiger partial charge is 0.351 e. The predicted octanol–water partition coefficient (Wildman–Crippen LogP) is 5.84. The van der Waals surface area contributed by atoms with Crippen molar-refractivity contribution in [1.29, 1.82) is 0 Å². The van der Waals surface area contributed by atoms with E-state index in [1.807, 2.05) is 13.8 Å². The van der Waals surface area contributed by atoms with E-state index in [1.54, 1.807) is 6.92 Å². The third kappa shape index (κ3) is 20.8. The number of nitrogens with zero attached hydrogens (tertiary/aromatic N) is 4. The normalized spacial score (nSPS) is 18.8. The number of rotatable bonds is 13. The maximum Gasteiger partial charge on any atom is 0.351 e. The summed E-state index contributed by atoms with van der Waals surface area (Å²) in [5.74, 6) is 0.564. The first-order valence-electron chi connectivity index (χ1n) is 16.9. The molecule has 2 aliphatic heterocycles. The van der Waals surface area contributed by atoms with Gasteiger partial charge in [-0.05, 0) is 19.8 Å². The molecule has 0 bridgehead atoms. The molecule has 2 fully saturated rings. The summed E-state index contributed by atoms with van der Waals surface area (Å²) in [4.78, 5) is 58.9. The van der Waals surface area contributed by atoms with Crippen LogP contribution in [0.2, 0.25) is 19.6 Å². The number of esters is 3. The lowest BCUT2D eigenvalue weighted by Gasteiger charge is -2.18. The number of carbonyl (C=O) groups is 3. The highest BCUT2D eigenvalue weighted by Gasteiger charge is 2.30. The molecule has 0 amide bonds. The van der Waals surface area contributed by atoms with Gasteiger partial charge in [0.05, 0.1) is 18.1 Å². The number of ether oxygens (including phenoxy) is 5. The molecule has 4 rings (SSSR count). The van der Waals surface area contributed by atoms with Gasteiger partial charge in [-0.2, -0.15) is 4.98 Å². The second-order valence-corrected chi connectivity index (χ2v) is 20.1. The van der Waals surface area contributed by atoms with Gasteiger partial charge < -0.3 is 34.4 Å². The molecule has 2 aliphatic rings. The van der Waals surface area contributed by atoms with Gasteiger partial charge in [-0.25, -0.2) is 23.5 Å². The van der Waals surface area contributed by atoms with Crippen LogP contribution in [0.15, 0.2) is 17.2 Å². The van der Waals surface area contributed by atoms with E-state index >= 15 is 0 Å². The largest absolute Gasteiger partial charge is 0.462 e. The number of alkyl halides is 2. The Balaban J connectivity index is 0.000000395. The number of nitrogen functional groups attached to an aromatic ring is 1. The zero-order valence-electron chi connectivity index (χ0n) is 31.4. The first kappa shape index (κ1) is 49.3. The summed E-state index contributed by atoms with van der Waals surface area (Å²) >= 11 is 13.0. The second-order valence-electron chi connectivity index (χ2n) is 12.2. The Morgan fingerprint density at radius 1 is 0.981 bits per heavy atom. The molecule has 0 aliphatic carbocycles. The molecule has 2 unspecified atom stereocenters. The molecule has 2 aromatic heterocycles. The van der Waals surface area contributed by atoms with Crippen LogP contribution in [0.1, 0.15) is 58.5 Å². The molecule has 0 radical (unpaired) electrons. The first-order chi connectivity index (χ1) is 25.4. The predicted molar refractivity (Wildman–Crippen MR) is 209 cm³/mol. The fraction of sp³-hybridized carbons (Fsp3) is 0.656. The molecule has 54 heavy (non-hydrogen) atoms. The number of hydrogen-bond acceptors (Lipinski definition) is 16. The summed E-state index contributed by atoms with van der Waals surface area (Å²) in [6.45, 7) is 13.4. The molecule has 2 saturated heterocycles. The average Bonchev–Trinajstić information content (AvgIpc) is 3.76. The van der Waals surface area contributed by atoms with Crippen molar-refractivity contribution in [2.24, 2.45) is 0 Å². The van der Waals surface area contributed by atoms with Crippen LogP contribution in [0.25, 0.3) is 0 Å². The van der Waals surface area contributed by atoms with Crippen molar-refractivity contribution in [3.8, 4) is 0 Å². The minimum Gasteiger partial charge on any atom is -0.462 e. The van der Waals surface area contributed by atoms with Gasteiger partial charge >= 0.3 is 23.6 Å². The third-order valence-corrected chi connectivity index (χ3v) is 9.83. The van der Waals surface area contributed by atoms with Gasteiger partial charge in [0, 0.05) is 37.3 Å². The van der Waals surface area contributed by atoms with E-state index in [2.05, 4.69) is 39.6 Å². The zero-order valence-corrected chi connectivity index (χ0v) is 35.5. The van der Waals surface area contributed by atoms with Crippen molar-refractivity contribution in [1.82, 2.24) is 19.5 Å². The van der Waals surface area contributed by atoms with Crippen LogP contribution in [0.4, 0.5) is 20.4 Å². The summed E-state index contributed by atoms with van der Waals surface area (Å²) in [6.07, 6.45) is 3.27. The van der Waals surface area contributed by atoms with Crippen LogP contribution in [0.5, 0.6) is 0 Å². The highest BCUT2D eigenvalue weighted by molar-refractivity contribution is 8.00. The average molecular weight is 864 g/mol. The van der Waals surface area contributed by atoms with Crippen molar-refractivity contribution in [3.63, 3.8) is 0 Å². The number of carbonyl (C=O) groups excluding carboxylic acids is 3. The third-order valence-electron chi connectivity index (χ3n) is 6.10. The fourth-order valence-corrected chi connectivity index (χ4v) is 6.64. The van der Waals surface area contributed by atoms with Crippen LogP contribution in [0, 0.1) is 18.6 Å². The Bertz CT molecular complexity index is 1530. The minimum absolute atomic E-state index is 0.0969. The zero-order chi connectivity index (χ0) is 40.8. The molecule has 0 spiro atoms. The Hall–Kier alpha value is -2.75. The highest BCUT2D eigenvalue weighted by Crippen LogP contribution is 2.31. The molecule has 2 aromatic rings. The summed E-state index contributed by atoms with van der Waals surface area (Å²) in [6, 6.07) is 0. The Morgan fingerprint density at radius 2 is 1.54 bits per heavy atom. The van der Waals surface area contributed by atoms with Gasteiger partial charge in [0.15, 0.2) is 23.3 Å². The number of aryl methyl sites for hydroxylation is 1. The molecule has 4 atom stereocenters. The molecular weight excluding hydrogens is 814 g/mol. The van der Waals surface area contributed by atoms with E-state index < -0.39 is 38.1 Å². The lowest BCUT2D eigenvalue weighted by molar-refractivity contribution is -0.175. The first-order valence-corrected chi connectivity index (χ1v) is 23.5. The lowest BCUT2D eigenvalue weighted by atomic mass is 10.3. The van der Waals surface area contributed by atoms with E-state index in [9.17, 15) is 28.0 Å². The van der Waals surface area contributed by atoms with Gasteiger partial charge in [-0.15, -0.1) is 46.7 Å². The molecule has 0 aromatic carbocycles. The number of hydrogen-bond donors (Lipinski definition) is 2. The summed E-state index contributed by atoms with van der Waals surface area (Å²) < 4.78 is 53.4. The van der Waals surface area contributed by atoms with Crippen LogP contribution in [-0.2, 0) is 38.1 Å². The van der Waals surface area contributed by atoms with E-state index in [4.69, 9.17) is 52.6 Å². The van der Waals surface area contributed by atoms with Crippen molar-refractivity contribution in [2.75, 3.05) is 47.2 Å². The monoisotopic (exact) mass is 862 g/mol. The number of nitrogens with two attached hydrogens (primary N) is 1. The van der Waals surface area contributed by atoms with Crippen LogP contribution < -0.4 is 16.4 Å². The fourth-order valence-electron chi connectivity index (χ4n) is 3.88. The maximum atomic E-state index is 13.4. The van der Waals surface area contributed by atoms with Gasteiger partial charge in [0.2, 0.25) is 6.29 Å². The highest BCUT2D eigenvalue weighted by atomic mass is 35.5. The minimum atomic E-state index is -1.53. The van der Waals surface area contributed by atoms with Crippen LogP contribution >= 0.6 is 46.7 Å². The van der Waals surface area contributed by atoms with E-state index in [0.717, 1.165) is 17.2 Å². The van der Waals surface area contributed by atoms with E-state index in [0.29, 0.717) is 54.2 Å². The topological polar surface area (TPSA) is 196 Å². The number of nitrogens with one attached hydrogen (secondary N) is 1. The Kier molecular flexibility index (Phi) is 23.9.